The first kappa shape index (κ1) is 28.0. The molecule has 1 aromatic heterocycles. The summed E-state index contributed by atoms with van der Waals surface area (Å²) < 4.78 is 10.1. The van der Waals surface area contributed by atoms with Crippen molar-refractivity contribution in [1.29, 1.82) is 0 Å². The van der Waals surface area contributed by atoms with Crippen LogP contribution in [0, 0.1) is 5.92 Å². The van der Waals surface area contributed by atoms with Crippen molar-refractivity contribution in [2.45, 2.75) is 65.0 Å². The Hall–Kier alpha value is -3.20. The van der Waals surface area contributed by atoms with E-state index < -0.39 is 35.4 Å². The molecule has 2 amide bonds. The van der Waals surface area contributed by atoms with E-state index in [0.29, 0.717) is 17.7 Å². The van der Waals surface area contributed by atoms with E-state index in [0.717, 1.165) is 4.88 Å². The highest BCUT2D eigenvalue weighted by molar-refractivity contribution is 7.10. The summed E-state index contributed by atoms with van der Waals surface area (Å²) in [5.41, 5.74) is 0.171. The van der Waals surface area contributed by atoms with E-state index in [2.05, 4.69) is 15.4 Å². The number of amides is 2. The number of nitrogens with one attached hydrogen (secondary N) is 2. The third-order valence-electron chi connectivity index (χ3n) is 4.91. The van der Waals surface area contributed by atoms with Crippen LogP contribution in [0.2, 0.25) is 0 Å². The molecule has 0 radical (unpaired) electrons. The Bertz CT molecular complexity index is 1010. The number of anilines is 1. The Labute approximate surface area is 210 Å². The minimum absolute atomic E-state index is 0.124. The summed E-state index contributed by atoms with van der Waals surface area (Å²) >= 11 is 1.37. The molecular weight excluding hydrogens is 468 g/mol. The van der Waals surface area contributed by atoms with Crippen LogP contribution in [0.3, 0.4) is 0 Å². The number of esters is 2. The molecule has 0 aliphatic heterocycles. The van der Waals surface area contributed by atoms with E-state index in [1.54, 1.807) is 51.1 Å². The summed E-state index contributed by atoms with van der Waals surface area (Å²) in [6.07, 6.45) is 0.274. The summed E-state index contributed by atoms with van der Waals surface area (Å²) in [5, 5.41) is 7.46. The molecule has 2 rings (SSSR count). The molecule has 1 aromatic carbocycles. The Balaban J connectivity index is 2.17. The van der Waals surface area contributed by atoms with Gasteiger partial charge < -0.3 is 20.1 Å². The maximum absolute atomic E-state index is 13.3. The molecule has 0 bridgehead atoms. The molecule has 2 unspecified atom stereocenters. The maximum Gasteiger partial charge on any atom is 0.337 e. The van der Waals surface area contributed by atoms with Crippen molar-refractivity contribution in [3.8, 4) is 0 Å². The monoisotopic (exact) mass is 502 g/mol. The van der Waals surface area contributed by atoms with Gasteiger partial charge in [0.05, 0.1) is 25.0 Å². The van der Waals surface area contributed by atoms with Crippen LogP contribution < -0.4 is 10.6 Å². The van der Waals surface area contributed by atoms with E-state index >= 15 is 0 Å². The van der Waals surface area contributed by atoms with E-state index in [9.17, 15) is 19.2 Å². The van der Waals surface area contributed by atoms with Gasteiger partial charge in [0.2, 0.25) is 11.8 Å². The van der Waals surface area contributed by atoms with Crippen LogP contribution in [0.1, 0.15) is 68.6 Å². The van der Waals surface area contributed by atoms with Gasteiger partial charge in [0, 0.05) is 10.6 Å². The molecule has 190 valence electrons. The van der Waals surface area contributed by atoms with Crippen LogP contribution in [-0.2, 0) is 23.9 Å². The molecular formula is C26H34N2O6S. The van der Waals surface area contributed by atoms with Crippen LogP contribution in [0.5, 0.6) is 0 Å². The van der Waals surface area contributed by atoms with Gasteiger partial charge in [-0.25, -0.2) is 4.79 Å². The van der Waals surface area contributed by atoms with E-state index in [-0.39, 0.29) is 18.2 Å². The lowest BCUT2D eigenvalue weighted by molar-refractivity contribution is -0.156. The Morgan fingerprint density at radius 3 is 2.17 bits per heavy atom. The lowest BCUT2D eigenvalue weighted by Crippen LogP contribution is -2.46. The predicted octanol–water partition coefficient (Wildman–Crippen LogP) is 4.52. The topological polar surface area (TPSA) is 111 Å². The summed E-state index contributed by atoms with van der Waals surface area (Å²) in [4.78, 5) is 51.2. The van der Waals surface area contributed by atoms with Crippen LogP contribution >= 0.6 is 11.3 Å². The van der Waals surface area contributed by atoms with Gasteiger partial charge in [-0.2, -0.15) is 0 Å². The molecule has 1 heterocycles. The largest absolute Gasteiger partial charge is 0.465 e. The molecule has 0 spiro atoms. The summed E-state index contributed by atoms with van der Waals surface area (Å²) in [6.45, 7) is 9.22. The number of rotatable bonds is 10. The van der Waals surface area contributed by atoms with Crippen LogP contribution in [0.25, 0.3) is 0 Å². The van der Waals surface area contributed by atoms with Gasteiger partial charge in [0.1, 0.15) is 11.6 Å². The van der Waals surface area contributed by atoms with Crippen molar-refractivity contribution in [2.75, 3.05) is 12.4 Å². The second kappa shape index (κ2) is 12.5. The first-order valence-corrected chi connectivity index (χ1v) is 12.3. The van der Waals surface area contributed by atoms with Crippen LogP contribution in [-0.4, -0.2) is 42.5 Å². The molecule has 0 saturated heterocycles. The molecule has 0 saturated carbocycles. The molecule has 35 heavy (non-hydrogen) atoms. The summed E-state index contributed by atoms with van der Waals surface area (Å²) in [5.74, 6) is -2.41. The van der Waals surface area contributed by atoms with E-state index in [1.807, 2.05) is 25.3 Å². The van der Waals surface area contributed by atoms with Crippen molar-refractivity contribution in [1.82, 2.24) is 5.32 Å². The number of thiophene rings is 1. The molecule has 9 heteroatoms. The number of benzene rings is 1. The van der Waals surface area contributed by atoms with Gasteiger partial charge in [-0.1, -0.05) is 19.9 Å². The third-order valence-corrected chi connectivity index (χ3v) is 5.89. The number of hydrogen-bond donors (Lipinski definition) is 2. The summed E-state index contributed by atoms with van der Waals surface area (Å²) in [6, 6.07) is 9.07. The van der Waals surface area contributed by atoms with Crippen molar-refractivity contribution in [3.05, 3.63) is 52.2 Å². The van der Waals surface area contributed by atoms with Gasteiger partial charge >= 0.3 is 11.9 Å². The molecule has 0 aliphatic rings. The molecule has 0 fully saturated rings. The van der Waals surface area contributed by atoms with E-state index in [1.165, 1.54) is 18.4 Å². The number of carbonyl (C=O) groups excluding carboxylic acids is 4. The minimum Gasteiger partial charge on any atom is -0.465 e. The summed E-state index contributed by atoms with van der Waals surface area (Å²) in [7, 11) is 1.30. The van der Waals surface area contributed by atoms with E-state index in [4.69, 9.17) is 4.74 Å². The zero-order chi connectivity index (χ0) is 26.2. The average Bonchev–Trinajstić information content (AvgIpc) is 3.30. The first-order chi connectivity index (χ1) is 16.4. The average molecular weight is 503 g/mol. The quantitative estimate of drug-likeness (QED) is 0.462. The van der Waals surface area contributed by atoms with Gasteiger partial charge in [-0.3, -0.25) is 14.4 Å². The second-order valence-electron chi connectivity index (χ2n) is 9.61. The van der Waals surface area contributed by atoms with Crippen molar-refractivity contribution in [3.63, 3.8) is 0 Å². The van der Waals surface area contributed by atoms with Crippen molar-refractivity contribution < 1.29 is 28.7 Å². The number of carbonyl (C=O) groups is 4. The standard InChI is InChI=1S/C26H34N2O6S/c1-16(2)14-20(24(31)27-18-11-9-17(10-12-18)25(32)33-6)28-23(30)19(21-8-7-13-35-21)15-22(29)34-26(3,4)5/h7-13,16,19-20H,14-15H2,1-6H3,(H,27,31)(H,28,30). The highest BCUT2D eigenvalue weighted by Gasteiger charge is 2.31. The molecule has 0 aliphatic carbocycles. The Morgan fingerprint density at radius 1 is 1.00 bits per heavy atom. The van der Waals surface area contributed by atoms with Crippen LogP contribution in [0.15, 0.2) is 41.8 Å². The molecule has 2 atom stereocenters. The van der Waals surface area contributed by atoms with Crippen molar-refractivity contribution >= 4 is 40.8 Å². The lowest BCUT2D eigenvalue weighted by atomic mass is 9.99. The van der Waals surface area contributed by atoms with Crippen LogP contribution in [0.4, 0.5) is 5.69 Å². The zero-order valence-electron chi connectivity index (χ0n) is 21.0. The minimum atomic E-state index is -0.816. The Kier molecular flexibility index (Phi) is 10.0. The second-order valence-corrected chi connectivity index (χ2v) is 10.6. The molecule has 8 nitrogen and oxygen atoms in total. The van der Waals surface area contributed by atoms with Gasteiger partial charge in [-0.05, 0) is 68.8 Å². The molecule has 2 N–H and O–H groups in total. The van der Waals surface area contributed by atoms with Crippen molar-refractivity contribution in [2.24, 2.45) is 5.92 Å². The van der Waals surface area contributed by atoms with Gasteiger partial charge in [-0.15, -0.1) is 11.3 Å². The third kappa shape index (κ3) is 9.16. The van der Waals surface area contributed by atoms with Gasteiger partial charge in [0.15, 0.2) is 0 Å². The predicted molar refractivity (Wildman–Crippen MR) is 135 cm³/mol. The zero-order valence-corrected chi connectivity index (χ0v) is 21.9. The number of methoxy groups -OCH3 is 1. The highest BCUT2D eigenvalue weighted by atomic mass is 32.1. The normalized spacial score (nSPS) is 13.0. The maximum atomic E-state index is 13.3. The number of hydrogen-bond acceptors (Lipinski definition) is 7. The molecule has 2 aromatic rings. The first-order valence-electron chi connectivity index (χ1n) is 11.4. The van der Waals surface area contributed by atoms with Gasteiger partial charge in [0.25, 0.3) is 0 Å². The fourth-order valence-corrected chi connectivity index (χ4v) is 4.20. The smallest absolute Gasteiger partial charge is 0.337 e. The highest BCUT2D eigenvalue weighted by Crippen LogP contribution is 2.27. The lowest BCUT2D eigenvalue weighted by Gasteiger charge is -2.24. The number of ether oxygens (including phenoxy) is 2. The fourth-order valence-electron chi connectivity index (χ4n) is 3.37. The fraction of sp³-hybridized carbons (Fsp3) is 0.462. The Morgan fingerprint density at radius 2 is 1.66 bits per heavy atom. The SMILES string of the molecule is COC(=O)c1ccc(NC(=O)C(CC(C)C)NC(=O)C(CC(=O)OC(C)(C)C)c2cccs2)cc1.